The minimum atomic E-state index is -0.710. The number of hydrogen-bond donors (Lipinski definition) is 2. The van der Waals surface area contributed by atoms with Crippen LogP contribution >= 0.6 is 0 Å². The molecule has 0 radical (unpaired) electrons. The molecule has 1 heterocycles. The molecule has 0 bridgehead atoms. The van der Waals surface area contributed by atoms with Crippen molar-refractivity contribution in [1.82, 2.24) is 5.32 Å². The molecule has 1 amide bonds. The fourth-order valence-electron chi connectivity index (χ4n) is 4.99. The van der Waals surface area contributed by atoms with Crippen molar-refractivity contribution in [2.24, 2.45) is 0 Å². The summed E-state index contributed by atoms with van der Waals surface area (Å²) in [5, 5.41) is 24.7. The molecule has 2 aliphatic rings. The molecule has 10 heteroatoms. The van der Waals surface area contributed by atoms with Gasteiger partial charge in [0.15, 0.2) is 23.0 Å². The predicted octanol–water partition coefficient (Wildman–Crippen LogP) is 4.50. The van der Waals surface area contributed by atoms with Crippen LogP contribution in [0.15, 0.2) is 41.6 Å². The van der Waals surface area contributed by atoms with E-state index in [-0.39, 0.29) is 48.9 Å². The zero-order valence-corrected chi connectivity index (χ0v) is 21.2. The molecule has 2 aromatic carbocycles. The van der Waals surface area contributed by atoms with Gasteiger partial charge in [-0.25, -0.2) is 0 Å². The number of allylic oxidation sites excluding steroid dienone is 2. The molecule has 1 aliphatic heterocycles. The van der Waals surface area contributed by atoms with Gasteiger partial charge < -0.3 is 24.6 Å². The Morgan fingerprint density at radius 3 is 2.46 bits per heavy atom. The van der Waals surface area contributed by atoms with Crippen LogP contribution in [0.25, 0.3) is 0 Å². The first-order valence-corrected chi connectivity index (χ1v) is 12.2. The van der Waals surface area contributed by atoms with E-state index in [9.17, 15) is 24.8 Å². The average Bonchev–Trinajstić information content (AvgIpc) is 2.84. The van der Waals surface area contributed by atoms with Crippen LogP contribution in [-0.2, 0) is 9.59 Å². The van der Waals surface area contributed by atoms with Gasteiger partial charge in [0.1, 0.15) is 0 Å². The molecule has 196 valence electrons. The van der Waals surface area contributed by atoms with Crippen molar-refractivity contribution in [3.63, 3.8) is 0 Å². The van der Waals surface area contributed by atoms with Gasteiger partial charge in [-0.1, -0.05) is 6.07 Å². The van der Waals surface area contributed by atoms with Gasteiger partial charge in [0.2, 0.25) is 11.7 Å². The first-order chi connectivity index (χ1) is 17.6. The molecule has 2 atom stereocenters. The minimum Gasteiger partial charge on any atom is -0.500 e. The van der Waals surface area contributed by atoms with Crippen LogP contribution in [0.3, 0.4) is 0 Å². The highest BCUT2D eigenvalue weighted by atomic mass is 16.6. The number of amides is 1. The quantitative estimate of drug-likeness (QED) is 0.391. The van der Waals surface area contributed by atoms with Gasteiger partial charge in [-0.2, -0.15) is 0 Å². The Bertz CT molecular complexity index is 1280. The standard InChI is InChI=1S/C27H30N2O8/c1-5-36-24-12-17(9-20(27(24)32)29(33)34)18-13-25(31)28-19-8-16(10-21(30)26(18)19)15-6-7-22(37-14(2)3)23(11-15)35-4/h6-7,9,11-12,14,16,18,32H,5,8,10,13H2,1-4H3,(H,28,31). The fourth-order valence-corrected chi connectivity index (χ4v) is 4.99. The maximum Gasteiger partial charge on any atom is 0.314 e. The molecule has 0 spiro atoms. The normalized spacial score (nSPS) is 19.4. The number of benzene rings is 2. The molecule has 2 N–H and O–H groups in total. The van der Waals surface area contributed by atoms with E-state index in [1.54, 1.807) is 14.0 Å². The molecular weight excluding hydrogens is 480 g/mol. The van der Waals surface area contributed by atoms with Crippen molar-refractivity contribution < 1.29 is 33.8 Å². The Labute approximate surface area is 214 Å². The third-order valence-electron chi connectivity index (χ3n) is 6.53. The molecular formula is C27H30N2O8. The van der Waals surface area contributed by atoms with Gasteiger partial charge in [-0.3, -0.25) is 19.7 Å². The third kappa shape index (κ3) is 5.23. The third-order valence-corrected chi connectivity index (χ3v) is 6.53. The molecule has 0 saturated carbocycles. The van der Waals surface area contributed by atoms with Crippen LogP contribution in [-0.4, -0.2) is 41.5 Å². The number of hydrogen-bond acceptors (Lipinski definition) is 8. The summed E-state index contributed by atoms with van der Waals surface area (Å²) in [6.45, 7) is 5.71. The Morgan fingerprint density at radius 2 is 1.81 bits per heavy atom. The smallest absolute Gasteiger partial charge is 0.314 e. The maximum absolute atomic E-state index is 13.5. The number of nitrogens with zero attached hydrogens (tertiary/aromatic N) is 1. The number of aromatic hydroxyl groups is 1. The zero-order chi connectivity index (χ0) is 26.9. The topological polar surface area (TPSA) is 137 Å². The van der Waals surface area contributed by atoms with Gasteiger partial charge >= 0.3 is 5.69 Å². The summed E-state index contributed by atoms with van der Waals surface area (Å²) in [5.41, 5.74) is 1.66. The molecule has 10 nitrogen and oxygen atoms in total. The summed E-state index contributed by atoms with van der Waals surface area (Å²) < 4.78 is 16.7. The molecule has 2 unspecified atom stereocenters. The number of carbonyl (C=O) groups excluding carboxylic acids is 2. The number of phenolic OH excluding ortho intramolecular Hbond substituents is 1. The lowest BCUT2D eigenvalue weighted by molar-refractivity contribution is -0.386. The SMILES string of the molecule is CCOc1cc(C2CC(=O)NC3=C2C(=O)CC(c2ccc(OC(C)C)c(OC)c2)C3)cc([N+](=O)[O-])c1O. The first kappa shape index (κ1) is 26.0. The van der Waals surface area contributed by atoms with Gasteiger partial charge in [0.05, 0.1) is 24.7 Å². The van der Waals surface area contributed by atoms with Crippen LogP contribution in [0, 0.1) is 10.1 Å². The number of ketones is 1. The number of rotatable bonds is 8. The lowest BCUT2D eigenvalue weighted by Gasteiger charge is -2.34. The second-order valence-corrected chi connectivity index (χ2v) is 9.38. The average molecular weight is 511 g/mol. The summed E-state index contributed by atoms with van der Waals surface area (Å²) in [5.74, 6) is -0.795. The fraction of sp³-hybridized carbons (Fsp3) is 0.407. The van der Waals surface area contributed by atoms with E-state index >= 15 is 0 Å². The molecule has 0 saturated heterocycles. The largest absolute Gasteiger partial charge is 0.500 e. The van der Waals surface area contributed by atoms with Crippen LogP contribution in [0.4, 0.5) is 5.69 Å². The summed E-state index contributed by atoms with van der Waals surface area (Å²) in [7, 11) is 1.55. The van der Waals surface area contributed by atoms with E-state index in [1.807, 2.05) is 32.0 Å². The van der Waals surface area contributed by atoms with Crippen molar-refractivity contribution in [3.8, 4) is 23.0 Å². The van der Waals surface area contributed by atoms with Crippen molar-refractivity contribution in [1.29, 1.82) is 0 Å². The molecule has 4 rings (SSSR count). The van der Waals surface area contributed by atoms with Crippen LogP contribution in [0.5, 0.6) is 23.0 Å². The Kier molecular flexibility index (Phi) is 7.37. The molecule has 2 aromatic rings. The molecule has 0 aromatic heterocycles. The lowest BCUT2D eigenvalue weighted by atomic mass is 9.73. The highest BCUT2D eigenvalue weighted by molar-refractivity contribution is 6.02. The van der Waals surface area contributed by atoms with E-state index in [1.165, 1.54) is 12.1 Å². The van der Waals surface area contributed by atoms with Crippen molar-refractivity contribution in [3.05, 3.63) is 62.8 Å². The number of nitro groups is 1. The number of nitrogens with one attached hydrogen (secondary N) is 1. The number of ether oxygens (including phenoxy) is 3. The Hall–Kier alpha value is -4.08. The zero-order valence-electron chi connectivity index (χ0n) is 21.2. The van der Waals surface area contributed by atoms with Crippen molar-refractivity contribution >= 4 is 17.4 Å². The number of nitro benzene ring substituents is 1. The molecule has 0 fully saturated rings. The second kappa shape index (κ2) is 10.5. The van der Waals surface area contributed by atoms with Crippen molar-refractivity contribution in [2.75, 3.05) is 13.7 Å². The van der Waals surface area contributed by atoms with E-state index < -0.39 is 22.3 Å². The summed E-state index contributed by atoms with van der Waals surface area (Å²) in [6, 6.07) is 8.24. The highest BCUT2D eigenvalue weighted by Crippen LogP contribution is 2.47. The highest BCUT2D eigenvalue weighted by Gasteiger charge is 2.39. The number of Topliss-reactive ketones (excluding diaryl/α,β-unsaturated/α-hetero) is 1. The van der Waals surface area contributed by atoms with Gasteiger partial charge in [0.25, 0.3) is 0 Å². The van der Waals surface area contributed by atoms with Crippen LogP contribution in [0.1, 0.15) is 63.0 Å². The molecule has 1 aliphatic carbocycles. The summed E-state index contributed by atoms with van der Waals surface area (Å²) in [4.78, 5) is 37.0. The second-order valence-electron chi connectivity index (χ2n) is 9.38. The molecule has 37 heavy (non-hydrogen) atoms. The maximum atomic E-state index is 13.5. The first-order valence-electron chi connectivity index (χ1n) is 12.2. The van der Waals surface area contributed by atoms with E-state index in [4.69, 9.17) is 14.2 Å². The van der Waals surface area contributed by atoms with Crippen molar-refractivity contribution in [2.45, 2.75) is 58.0 Å². The number of carbonyl (C=O) groups is 2. The predicted molar refractivity (Wildman–Crippen MR) is 134 cm³/mol. The minimum absolute atomic E-state index is 0.0305. The monoisotopic (exact) mass is 510 g/mol. The van der Waals surface area contributed by atoms with Gasteiger partial charge in [-0.15, -0.1) is 0 Å². The Morgan fingerprint density at radius 1 is 1.08 bits per heavy atom. The number of phenols is 1. The lowest BCUT2D eigenvalue weighted by Crippen LogP contribution is -2.38. The summed E-state index contributed by atoms with van der Waals surface area (Å²) >= 11 is 0. The van der Waals surface area contributed by atoms with Gasteiger partial charge in [0, 0.05) is 36.1 Å². The van der Waals surface area contributed by atoms with E-state index in [0.717, 1.165) is 5.56 Å². The van der Waals surface area contributed by atoms with Crippen LogP contribution in [0.2, 0.25) is 0 Å². The van der Waals surface area contributed by atoms with Gasteiger partial charge in [-0.05, 0) is 62.4 Å². The van der Waals surface area contributed by atoms with E-state index in [2.05, 4.69) is 5.32 Å². The van der Waals surface area contributed by atoms with Crippen LogP contribution < -0.4 is 19.5 Å². The van der Waals surface area contributed by atoms with E-state index in [0.29, 0.717) is 34.8 Å². The number of methoxy groups -OCH3 is 1. The Balaban J connectivity index is 1.72. The summed E-state index contributed by atoms with van der Waals surface area (Å²) in [6.07, 6.45) is 0.543.